The number of nitrogen functional groups attached to an aromatic ring is 1. The molecule has 104 valence electrons. The molecule has 1 atom stereocenters. The van der Waals surface area contributed by atoms with Gasteiger partial charge in [0, 0.05) is 17.8 Å². The average molecular weight is 304 g/mol. The Kier molecular flexibility index (Phi) is 6.45. The standard InChI is InChI=1S/C11H13N3O2.CH2Cl2/c12-7-2-1-3-8(6-7)13-9-4-5-10(15)14-11(9)16;2-1-3/h1-3,6,9,13H,4-5,12H2,(H,14,15,16);1H2. The fourth-order valence-electron chi connectivity index (χ4n) is 1.66. The van der Waals surface area contributed by atoms with Gasteiger partial charge in [-0.3, -0.25) is 14.9 Å². The van der Waals surface area contributed by atoms with Crippen LogP contribution in [0.2, 0.25) is 0 Å². The van der Waals surface area contributed by atoms with Crippen molar-refractivity contribution in [2.45, 2.75) is 18.9 Å². The third-order valence-corrected chi connectivity index (χ3v) is 2.47. The number of anilines is 2. The molecule has 1 aromatic rings. The van der Waals surface area contributed by atoms with E-state index in [1.807, 2.05) is 12.1 Å². The second-order valence-electron chi connectivity index (χ2n) is 3.87. The number of nitrogens with two attached hydrogens (primary N) is 1. The molecule has 0 aromatic heterocycles. The van der Waals surface area contributed by atoms with Crippen LogP contribution in [0.5, 0.6) is 0 Å². The van der Waals surface area contributed by atoms with Crippen molar-refractivity contribution in [2.75, 3.05) is 16.4 Å². The molecule has 7 heteroatoms. The number of carbonyl (C=O) groups is 2. The molecule has 0 saturated carbocycles. The van der Waals surface area contributed by atoms with E-state index >= 15 is 0 Å². The molecule has 0 aliphatic carbocycles. The summed E-state index contributed by atoms with van der Waals surface area (Å²) >= 11 is 9.53. The van der Waals surface area contributed by atoms with Crippen LogP contribution in [0.3, 0.4) is 0 Å². The van der Waals surface area contributed by atoms with Crippen molar-refractivity contribution in [1.82, 2.24) is 5.32 Å². The van der Waals surface area contributed by atoms with Crippen molar-refractivity contribution >= 4 is 46.4 Å². The van der Waals surface area contributed by atoms with Crippen LogP contribution in [0.25, 0.3) is 0 Å². The number of rotatable bonds is 2. The quantitative estimate of drug-likeness (QED) is 0.443. The Hall–Kier alpha value is -1.46. The summed E-state index contributed by atoms with van der Waals surface area (Å²) in [5.41, 5.74) is 7.05. The molecular formula is C12H15Cl2N3O2. The highest BCUT2D eigenvalue weighted by Gasteiger charge is 2.26. The predicted octanol–water partition coefficient (Wildman–Crippen LogP) is 1.91. The van der Waals surface area contributed by atoms with E-state index in [0.29, 0.717) is 18.5 Å². The van der Waals surface area contributed by atoms with E-state index in [2.05, 4.69) is 10.6 Å². The zero-order valence-corrected chi connectivity index (χ0v) is 11.7. The number of piperidine rings is 1. The molecule has 1 aromatic carbocycles. The normalized spacial score (nSPS) is 18.1. The van der Waals surface area contributed by atoms with E-state index in [9.17, 15) is 9.59 Å². The topological polar surface area (TPSA) is 84.2 Å². The van der Waals surface area contributed by atoms with Gasteiger partial charge in [0.25, 0.3) is 0 Å². The molecule has 1 fully saturated rings. The Bertz CT molecular complexity index is 454. The molecule has 2 amide bonds. The van der Waals surface area contributed by atoms with E-state index in [1.54, 1.807) is 12.1 Å². The van der Waals surface area contributed by atoms with Gasteiger partial charge in [0.15, 0.2) is 0 Å². The number of benzene rings is 1. The molecular weight excluding hydrogens is 289 g/mol. The lowest BCUT2D eigenvalue weighted by molar-refractivity contribution is -0.133. The fraction of sp³-hybridized carbons (Fsp3) is 0.333. The van der Waals surface area contributed by atoms with Gasteiger partial charge >= 0.3 is 0 Å². The number of alkyl halides is 2. The van der Waals surface area contributed by atoms with E-state index in [4.69, 9.17) is 28.9 Å². The Balaban J connectivity index is 0.000000550. The lowest BCUT2D eigenvalue weighted by Crippen LogP contribution is -2.47. The lowest BCUT2D eigenvalue weighted by Gasteiger charge is -2.22. The molecule has 0 spiro atoms. The summed E-state index contributed by atoms with van der Waals surface area (Å²) in [5, 5.41) is 5.53. The zero-order valence-electron chi connectivity index (χ0n) is 10.2. The van der Waals surface area contributed by atoms with Crippen molar-refractivity contribution in [1.29, 1.82) is 0 Å². The van der Waals surface area contributed by atoms with Crippen molar-refractivity contribution in [3.8, 4) is 0 Å². The highest BCUT2D eigenvalue weighted by molar-refractivity contribution is 6.40. The molecule has 0 radical (unpaired) electrons. The second-order valence-corrected chi connectivity index (χ2v) is 4.68. The number of amides is 2. The average Bonchev–Trinajstić information content (AvgIpc) is 2.34. The first-order valence-corrected chi connectivity index (χ1v) is 6.71. The van der Waals surface area contributed by atoms with Crippen LogP contribution in [0, 0.1) is 0 Å². The molecule has 4 N–H and O–H groups in total. The van der Waals surface area contributed by atoms with Crippen LogP contribution in [0.4, 0.5) is 11.4 Å². The van der Waals surface area contributed by atoms with Gasteiger partial charge in [0.05, 0.1) is 5.34 Å². The Morgan fingerprint density at radius 2 is 2.05 bits per heavy atom. The van der Waals surface area contributed by atoms with Gasteiger partial charge in [0.2, 0.25) is 11.8 Å². The van der Waals surface area contributed by atoms with Crippen LogP contribution in [0.15, 0.2) is 24.3 Å². The molecule has 1 unspecified atom stereocenters. The smallest absolute Gasteiger partial charge is 0.249 e. The monoisotopic (exact) mass is 303 g/mol. The number of hydrogen-bond acceptors (Lipinski definition) is 4. The molecule has 5 nitrogen and oxygen atoms in total. The number of carbonyl (C=O) groups excluding carboxylic acids is 2. The van der Waals surface area contributed by atoms with Crippen LogP contribution < -0.4 is 16.4 Å². The molecule has 1 heterocycles. The van der Waals surface area contributed by atoms with Gasteiger partial charge < -0.3 is 11.1 Å². The maximum Gasteiger partial charge on any atom is 0.249 e. The second kappa shape index (κ2) is 7.86. The Morgan fingerprint density at radius 1 is 1.37 bits per heavy atom. The molecule has 1 aliphatic rings. The summed E-state index contributed by atoms with van der Waals surface area (Å²) in [6.07, 6.45) is 0.880. The maximum absolute atomic E-state index is 11.5. The van der Waals surface area contributed by atoms with E-state index in [-0.39, 0.29) is 23.2 Å². The first-order valence-electron chi connectivity index (χ1n) is 5.64. The fourth-order valence-corrected chi connectivity index (χ4v) is 1.66. The number of nitrogens with one attached hydrogen (secondary N) is 2. The largest absolute Gasteiger partial charge is 0.399 e. The minimum absolute atomic E-state index is 0.194. The van der Waals surface area contributed by atoms with Crippen LogP contribution in [-0.2, 0) is 9.59 Å². The Morgan fingerprint density at radius 3 is 2.63 bits per heavy atom. The highest BCUT2D eigenvalue weighted by Crippen LogP contribution is 2.16. The predicted molar refractivity (Wildman–Crippen MR) is 77.2 cm³/mol. The van der Waals surface area contributed by atoms with Gasteiger partial charge in [-0.25, -0.2) is 0 Å². The van der Waals surface area contributed by atoms with E-state index in [1.165, 1.54) is 0 Å². The van der Waals surface area contributed by atoms with Gasteiger partial charge in [-0.15, -0.1) is 23.2 Å². The molecule has 1 saturated heterocycles. The lowest BCUT2D eigenvalue weighted by atomic mass is 10.1. The first kappa shape index (κ1) is 15.6. The van der Waals surface area contributed by atoms with E-state index < -0.39 is 0 Å². The summed E-state index contributed by atoms with van der Waals surface area (Å²) in [6.45, 7) is 0. The minimum Gasteiger partial charge on any atom is -0.399 e. The summed E-state index contributed by atoms with van der Waals surface area (Å²) < 4.78 is 0. The highest BCUT2D eigenvalue weighted by atomic mass is 35.5. The number of hydrogen-bond donors (Lipinski definition) is 3. The minimum atomic E-state index is -0.362. The molecule has 2 rings (SSSR count). The van der Waals surface area contributed by atoms with Crippen molar-refractivity contribution < 1.29 is 9.59 Å². The SMILES string of the molecule is ClCCl.Nc1cccc(NC2CCC(=O)NC2=O)c1. The Labute approximate surface area is 121 Å². The molecule has 19 heavy (non-hydrogen) atoms. The van der Waals surface area contributed by atoms with Gasteiger partial charge in [-0.05, 0) is 24.6 Å². The number of imide groups is 1. The summed E-state index contributed by atoms with van der Waals surface area (Å²) in [4.78, 5) is 22.4. The zero-order chi connectivity index (χ0) is 14.3. The van der Waals surface area contributed by atoms with Gasteiger partial charge in [0.1, 0.15) is 6.04 Å². The van der Waals surface area contributed by atoms with E-state index in [0.717, 1.165) is 5.69 Å². The first-order chi connectivity index (χ1) is 9.06. The van der Waals surface area contributed by atoms with Crippen molar-refractivity contribution in [3.05, 3.63) is 24.3 Å². The van der Waals surface area contributed by atoms with Crippen molar-refractivity contribution in [2.24, 2.45) is 0 Å². The third-order valence-electron chi connectivity index (χ3n) is 2.47. The van der Waals surface area contributed by atoms with Crippen LogP contribution in [0.1, 0.15) is 12.8 Å². The van der Waals surface area contributed by atoms with Gasteiger partial charge in [-0.2, -0.15) is 0 Å². The summed E-state index contributed by atoms with van der Waals surface area (Å²) in [7, 11) is 0. The van der Waals surface area contributed by atoms with Gasteiger partial charge in [-0.1, -0.05) is 6.07 Å². The number of halogens is 2. The maximum atomic E-state index is 11.5. The van der Waals surface area contributed by atoms with Crippen molar-refractivity contribution in [3.63, 3.8) is 0 Å². The molecule has 0 bridgehead atoms. The summed E-state index contributed by atoms with van der Waals surface area (Å²) in [5.74, 6) is -0.491. The van der Waals surface area contributed by atoms with Crippen LogP contribution in [-0.4, -0.2) is 23.2 Å². The molecule has 1 aliphatic heterocycles. The third kappa shape index (κ3) is 5.36. The van der Waals surface area contributed by atoms with Crippen LogP contribution >= 0.6 is 23.2 Å². The summed E-state index contributed by atoms with van der Waals surface area (Å²) in [6, 6.07) is 6.81.